The molecule has 0 aromatic rings. The van der Waals surface area contributed by atoms with Gasteiger partial charge in [0.25, 0.3) is 12.7 Å². The average molecular weight is 346 g/mol. The minimum atomic E-state index is -4.36. The molecule has 0 saturated carbocycles. The summed E-state index contributed by atoms with van der Waals surface area (Å²) in [5.74, 6) is -0.216. The fraction of sp³-hybridized carbons (Fsp3) is 1.00. The second-order valence-corrected chi connectivity index (χ2v) is 4.64. The molecule has 0 spiro atoms. The van der Waals surface area contributed by atoms with Crippen molar-refractivity contribution in [2.24, 2.45) is 0 Å². The van der Waals surface area contributed by atoms with Crippen molar-refractivity contribution in [1.29, 1.82) is 0 Å². The summed E-state index contributed by atoms with van der Waals surface area (Å²) < 4.78 is 93.3. The molecule has 0 saturated heterocycles. The molecule has 3 unspecified atom stereocenters. The van der Waals surface area contributed by atoms with Crippen LogP contribution in [0.5, 0.6) is 0 Å². The van der Waals surface area contributed by atoms with Crippen LogP contribution in [0, 0.1) is 0 Å². The van der Waals surface area contributed by atoms with Crippen molar-refractivity contribution < 1.29 is 45.3 Å². The van der Waals surface area contributed by atoms with E-state index in [0.29, 0.717) is 14.2 Å². The van der Waals surface area contributed by atoms with E-state index in [-0.39, 0.29) is 5.75 Å². The molecule has 0 radical (unpaired) electrons. The highest BCUT2D eigenvalue weighted by atomic mass is 32.2. The van der Waals surface area contributed by atoms with Crippen LogP contribution in [0.25, 0.3) is 0 Å². The zero-order chi connectivity index (χ0) is 16.7. The van der Waals surface area contributed by atoms with E-state index in [1.807, 2.05) is 0 Å². The van der Waals surface area contributed by atoms with Crippen molar-refractivity contribution in [3.63, 3.8) is 0 Å². The topological polar surface area (TPSA) is 36.9 Å². The van der Waals surface area contributed by atoms with Crippen LogP contribution in [0.4, 0.5) is 26.3 Å². The average Bonchev–Trinajstić information content (AvgIpc) is 2.42. The first-order valence-electron chi connectivity index (χ1n) is 5.50. The SMILES string of the molecule is COC(F)C(F)(F)OCC(CSC)OC(F)(F)C(F)OC. The Morgan fingerprint density at radius 2 is 1.43 bits per heavy atom. The molecule has 11 heteroatoms. The first-order chi connectivity index (χ1) is 9.60. The molecule has 0 fully saturated rings. The highest BCUT2D eigenvalue weighted by Crippen LogP contribution is 2.28. The molecule has 0 rings (SSSR count). The van der Waals surface area contributed by atoms with E-state index in [1.165, 1.54) is 6.26 Å². The van der Waals surface area contributed by atoms with Gasteiger partial charge in [-0.1, -0.05) is 0 Å². The lowest BCUT2D eigenvalue weighted by Gasteiger charge is -2.27. The minimum absolute atomic E-state index is 0.216. The Morgan fingerprint density at radius 1 is 0.952 bits per heavy atom. The maximum absolute atomic E-state index is 13.2. The number of alkyl halides is 6. The van der Waals surface area contributed by atoms with Crippen LogP contribution >= 0.6 is 11.8 Å². The van der Waals surface area contributed by atoms with Gasteiger partial charge in [0, 0.05) is 20.0 Å². The molecule has 128 valence electrons. The lowest BCUT2D eigenvalue weighted by Crippen LogP contribution is -2.43. The number of ether oxygens (including phenoxy) is 4. The zero-order valence-electron chi connectivity index (χ0n) is 11.5. The number of hydrogen-bond donors (Lipinski definition) is 0. The molecule has 0 amide bonds. The number of thioether (sulfide) groups is 1. The van der Waals surface area contributed by atoms with Crippen LogP contribution < -0.4 is 0 Å². The van der Waals surface area contributed by atoms with E-state index in [9.17, 15) is 26.3 Å². The second kappa shape index (κ2) is 9.03. The Kier molecular flexibility index (Phi) is 8.93. The van der Waals surface area contributed by atoms with E-state index in [1.54, 1.807) is 0 Å². The Bertz CT molecular complexity index is 297. The summed E-state index contributed by atoms with van der Waals surface area (Å²) in [6.45, 7) is -1.09. The van der Waals surface area contributed by atoms with E-state index in [0.717, 1.165) is 11.8 Å². The second-order valence-electron chi connectivity index (χ2n) is 3.73. The van der Waals surface area contributed by atoms with Crippen LogP contribution in [0.3, 0.4) is 0 Å². The quantitative estimate of drug-likeness (QED) is 0.538. The Hall–Kier alpha value is -0.230. The highest BCUT2D eigenvalue weighted by Gasteiger charge is 2.46. The number of hydrogen-bond acceptors (Lipinski definition) is 5. The predicted molar refractivity (Wildman–Crippen MR) is 62.9 cm³/mol. The summed E-state index contributed by atoms with van der Waals surface area (Å²) in [5, 5.41) is 0. The summed E-state index contributed by atoms with van der Waals surface area (Å²) >= 11 is 0.963. The zero-order valence-corrected chi connectivity index (χ0v) is 12.3. The fourth-order valence-electron chi connectivity index (χ4n) is 1.12. The highest BCUT2D eigenvalue weighted by molar-refractivity contribution is 7.98. The largest absolute Gasteiger partial charge is 0.412 e. The molecule has 21 heavy (non-hydrogen) atoms. The van der Waals surface area contributed by atoms with Crippen LogP contribution in [0.2, 0.25) is 0 Å². The van der Waals surface area contributed by atoms with E-state index in [2.05, 4.69) is 18.9 Å². The van der Waals surface area contributed by atoms with Crippen molar-refractivity contribution in [1.82, 2.24) is 0 Å². The molecule has 0 aliphatic heterocycles. The molecule has 0 aliphatic rings. The summed E-state index contributed by atoms with van der Waals surface area (Å²) in [5.41, 5.74) is 0. The van der Waals surface area contributed by atoms with E-state index in [4.69, 9.17) is 0 Å². The van der Waals surface area contributed by atoms with Crippen molar-refractivity contribution in [3.05, 3.63) is 0 Å². The van der Waals surface area contributed by atoms with Crippen LogP contribution in [0.1, 0.15) is 0 Å². The maximum Gasteiger partial charge on any atom is 0.412 e. The Balaban J connectivity index is 4.63. The van der Waals surface area contributed by atoms with Gasteiger partial charge >= 0.3 is 12.2 Å². The maximum atomic E-state index is 13.2. The van der Waals surface area contributed by atoms with Gasteiger partial charge in [0.15, 0.2) is 0 Å². The van der Waals surface area contributed by atoms with Crippen molar-refractivity contribution >= 4 is 11.8 Å². The van der Waals surface area contributed by atoms with Crippen molar-refractivity contribution in [2.75, 3.05) is 32.8 Å². The molecular formula is C10H16F6O4S. The van der Waals surface area contributed by atoms with Gasteiger partial charge in [0.2, 0.25) is 0 Å². The number of halogens is 6. The van der Waals surface area contributed by atoms with Crippen LogP contribution in [-0.2, 0) is 18.9 Å². The predicted octanol–water partition coefficient (Wildman–Crippen LogP) is 2.82. The monoisotopic (exact) mass is 346 g/mol. The van der Waals surface area contributed by atoms with Gasteiger partial charge in [-0.25, -0.2) is 8.78 Å². The first kappa shape index (κ1) is 20.8. The molecule has 0 N–H and O–H groups in total. The van der Waals surface area contributed by atoms with E-state index < -0.39 is 37.6 Å². The Morgan fingerprint density at radius 3 is 1.86 bits per heavy atom. The van der Waals surface area contributed by atoms with Gasteiger partial charge in [-0.2, -0.15) is 29.3 Å². The molecule has 0 bridgehead atoms. The fourth-order valence-corrected chi connectivity index (χ4v) is 1.66. The Labute approximate surface area is 122 Å². The van der Waals surface area contributed by atoms with E-state index >= 15 is 0 Å². The number of methoxy groups -OCH3 is 2. The lowest BCUT2D eigenvalue weighted by atomic mass is 10.4. The third-order valence-electron chi connectivity index (χ3n) is 2.08. The summed E-state index contributed by atoms with van der Waals surface area (Å²) in [6.07, 6.45) is -15.0. The third-order valence-corrected chi connectivity index (χ3v) is 2.79. The third kappa shape index (κ3) is 7.04. The molecule has 3 atom stereocenters. The molecule has 0 aliphatic carbocycles. The van der Waals surface area contributed by atoms with Gasteiger partial charge in [-0.05, 0) is 6.26 Å². The van der Waals surface area contributed by atoms with Crippen molar-refractivity contribution in [2.45, 2.75) is 31.0 Å². The van der Waals surface area contributed by atoms with Crippen LogP contribution in [-0.4, -0.2) is 63.9 Å². The van der Waals surface area contributed by atoms with Gasteiger partial charge < -0.3 is 18.9 Å². The summed E-state index contributed by atoms with van der Waals surface area (Å²) in [6, 6.07) is 0. The molecule has 0 aromatic heterocycles. The van der Waals surface area contributed by atoms with Gasteiger partial charge in [0.1, 0.15) is 0 Å². The van der Waals surface area contributed by atoms with Crippen LogP contribution in [0.15, 0.2) is 0 Å². The summed E-state index contributed by atoms with van der Waals surface area (Å²) in [4.78, 5) is 0. The normalized spacial score (nSPS) is 17.6. The van der Waals surface area contributed by atoms with Crippen molar-refractivity contribution in [3.8, 4) is 0 Å². The lowest BCUT2D eigenvalue weighted by molar-refractivity contribution is -0.362. The van der Waals surface area contributed by atoms with Gasteiger partial charge in [0.05, 0.1) is 12.7 Å². The van der Waals surface area contributed by atoms with Gasteiger partial charge in [-0.15, -0.1) is 0 Å². The van der Waals surface area contributed by atoms with Gasteiger partial charge in [-0.3, -0.25) is 0 Å². The minimum Gasteiger partial charge on any atom is -0.345 e. The summed E-state index contributed by atoms with van der Waals surface area (Å²) in [7, 11) is 1.36. The molecule has 4 nitrogen and oxygen atoms in total. The molecule has 0 heterocycles. The smallest absolute Gasteiger partial charge is 0.345 e. The molecule has 0 aromatic carbocycles. The number of rotatable bonds is 11. The standard InChI is InChI=1S/C10H16F6O4S/c1-17-7(11)9(13,14)19-4-6(5-21-3)20-10(15,16)8(12)18-2/h6-8H,4-5H2,1-3H3. The first-order valence-corrected chi connectivity index (χ1v) is 6.90. The molecular weight excluding hydrogens is 330 g/mol.